The summed E-state index contributed by atoms with van der Waals surface area (Å²) in [5, 5.41) is 8.78. The molecule has 3 aromatic rings. The molecule has 3 rings (SSSR count). The summed E-state index contributed by atoms with van der Waals surface area (Å²) in [6.07, 6.45) is 4.72. The molecular formula is C22H22N4O4. The normalized spacial score (nSPS) is 10.9. The molecule has 30 heavy (non-hydrogen) atoms. The van der Waals surface area contributed by atoms with Crippen molar-refractivity contribution in [2.24, 2.45) is 0 Å². The number of hydrogen-bond acceptors (Lipinski definition) is 7. The number of benzene rings is 2. The van der Waals surface area contributed by atoms with Crippen molar-refractivity contribution in [3.05, 3.63) is 65.4 Å². The van der Waals surface area contributed by atoms with Gasteiger partial charge in [-0.1, -0.05) is 24.3 Å². The third-order valence-electron chi connectivity index (χ3n) is 4.49. The molecule has 0 saturated heterocycles. The number of nitrogen functional groups attached to an aromatic ring is 2. The lowest BCUT2D eigenvalue weighted by molar-refractivity contribution is -0.131. The number of ether oxygens (including phenoxy) is 2. The third kappa shape index (κ3) is 4.67. The van der Waals surface area contributed by atoms with Gasteiger partial charge in [-0.05, 0) is 34.9 Å². The van der Waals surface area contributed by atoms with Crippen LogP contribution in [0.15, 0.2) is 48.7 Å². The largest absolute Gasteiger partial charge is 0.493 e. The fraction of sp³-hybridized carbons (Fsp3) is 0.136. The van der Waals surface area contributed by atoms with Gasteiger partial charge >= 0.3 is 5.97 Å². The average Bonchev–Trinajstić information content (AvgIpc) is 2.74. The zero-order valence-corrected chi connectivity index (χ0v) is 16.6. The number of anilines is 2. The molecular weight excluding hydrogens is 384 g/mol. The van der Waals surface area contributed by atoms with Crippen molar-refractivity contribution in [3.8, 4) is 22.6 Å². The van der Waals surface area contributed by atoms with E-state index in [9.17, 15) is 4.79 Å². The first-order valence-corrected chi connectivity index (χ1v) is 9.04. The summed E-state index contributed by atoms with van der Waals surface area (Å²) in [4.78, 5) is 18.7. The van der Waals surface area contributed by atoms with Crippen LogP contribution in [0.1, 0.15) is 16.7 Å². The van der Waals surface area contributed by atoms with Crippen molar-refractivity contribution in [2.45, 2.75) is 6.42 Å². The molecule has 1 heterocycles. The first-order chi connectivity index (χ1) is 14.4. The summed E-state index contributed by atoms with van der Waals surface area (Å²) in [6.45, 7) is 0. The maximum Gasteiger partial charge on any atom is 0.328 e. The number of hydrogen-bond donors (Lipinski definition) is 3. The number of carbonyl (C=O) groups is 1. The summed E-state index contributed by atoms with van der Waals surface area (Å²) in [7, 11) is 3.16. The van der Waals surface area contributed by atoms with Crippen LogP contribution in [-0.4, -0.2) is 35.3 Å². The molecule has 0 aliphatic carbocycles. The van der Waals surface area contributed by atoms with Crippen LogP contribution in [0.5, 0.6) is 11.5 Å². The van der Waals surface area contributed by atoms with Crippen molar-refractivity contribution in [1.82, 2.24) is 9.97 Å². The Labute approximate surface area is 173 Å². The van der Waals surface area contributed by atoms with E-state index >= 15 is 0 Å². The molecule has 0 aliphatic rings. The predicted molar refractivity (Wildman–Crippen MR) is 115 cm³/mol. The summed E-state index contributed by atoms with van der Waals surface area (Å²) in [6, 6.07) is 11.3. The van der Waals surface area contributed by atoms with E-state index in [1.807, 2.05) is 36.4 Å². The van der Waals surface area contributed by atoms with Crippen molar-refractivity contribution >= 4 is 23.8 Å². The average molecular weight is 406 g/mol. The van der Waals surface area contributed by atoms with E-state index in [0.29, 0.717) is 23.7 Å². The standard InChI is InChI=1S/C22H22N4O4/c1-29-18-11-14(9-16-12-25-22(24)26-21(16)23)10-17(20(18)30-2)15-6-3-13(4-7-15)5-8-19(27)28/h3-8,10-12H,9H2,1-2H3,(H,27,28)(H4,23,24,25,26)/b8-5+. The number of aliphatic carboxylic acids is 1. The van der Waals surface area contributed by atoms with Gasteiger partial charge in [-0.3, -0.25) is 0 Å². The van der Waals surface area contributed by atoms with Crippen LogP contribution in [0.4, 0.5) is 11.8 Å². The quantitative estimate of drug-likeness (QED) is 0.510. The molecule has 8 nitrogen and oxygen atoms in total. The maximum atomic E-state index is 10.7. The van der Waals surface area contributed by atoms with E-state index in [0.717, 1.165) is 33.9 Å². The molecule has 0 radical (unpaired) electrons. The molecule has 0 aliphatic heterocycles. The number of methoxy groups -OCH3 is 2. The van der Waals surface area contributed by atoms with Gasteiger partial charge in [0.15, 0.2) is 11.5 Å². The van der Waals surface area contributed by atoms with Crippen LogP contribution in [0.3, 0.4) is 0 Å². The molecule has 0 unspecified atom stereocenters. The number of nitrogens with two attached hydrogens (primary N) is 2. The lowest BCUT2D eigenvalue weighted by Crippen LogP contribution is -2.04. The molecule has 0 bridgehead atoms. The van der Waals surface area contributed by atoms with Gasteiger partial charge in [0.1, 0.15) is 5.82 Å². The number of aromatic nitrogens is 2. The van der Waals surface area contributed by atoms with Crippen molar-refractivity contribution in [2.75, 3.05) is 25.7 Å². The van der Waals surface area contributed by atoms with Crippen molar-refractivity contribution < 1.29 is 19.4 Å². The summed E-state index contributed by atoms with van der Waals surface area (Å²) < 4.78 is 11.1. The van der Waals surface area contributed by atoms with Gasteiger partial charge in [0.2, 0.25) is 5.95 Å². The Hall–Kier alpha value is -4.07. The molecule has 0 saturated carbocycles. The molecule has 0 amide bonds. The highest BCUT2D eigenvalue weighted by Gasteiger charge is 2.15. The molecule has 0 spiro atoms. The molecule has 0 fully saturated rings. The van der Waals surface area contributed by atoms with Gasteiger partial charge < -0.3 is 26.0 Å². The van der Waals surface area contributed by atoms with E-state index < -0.39 is 5.97 Å². The SMILES string of the molecule is COc1cc(Cc2cnc(N)nc2N)cc(-c2ccc(/C=C/C(=O)O)cc2)c1OC. The van der Waals surface area contributed by atoms with Crippen molar-refractivity contribution in [1.29, 1.82) is 0 Å². The number of carboxylic acids is 1. The minimum Gasteiger partial charge on any atom is -0.493 e. The Morgan fingerprint density at radius 2 is 1.87 bits per heavy atom. The highest BCUT2D eigenvalue weighted by molar-refractivity contribution is 5.85. The Morgan fingerprint density at radius 1 is 1.13 bits per heavy atom. The lowest BCUT2D eigenvalue weighted by atomic mass is 9.97. The first kappa shape index (κ1) is 20.7. The predicted octanol–water partition coefficient (Wildman–Crippen LogP) is 3.01. The van der Waals surface area contributed by atoms with Crippen molar-refractivity contribution in [3.63, 3.8) is 0 Å². The molecule has 154 valence electrons. The topological polar surface area (TPSA) is 134 Å². The summed E-state index contributed by atoms with van der Waals surface area (Å²) in [5.74, 6) is 0.630. The summed E-state index contributed by atoms with van der Waals surface area (Å²) >= 11 is 0. The molecule has 1 aromatic heterocycles. The zero-order chi connectivity index (χ0) is 21.7. The maximum absolute atomic E-state index is 10.7. The third-order valence-corrected chi connectivity index (χ3v) is 4.49. The molecule has 8 heteroatoms. The van der Waals surface area contributed by atoms with Crippen LogP contribution in [0.2, 0.25) is 0 Å². The van der Waals surface area contributed by atoms with Gasteiger partial charge in [0.05, 0.1) is 14.2 Å². The molecule has 5 N–H and O–H groups in total. The zero-order valence-electron chi connectivity index (χ0n) is 16.6. The van der Waals surface area contributed by atoms with Gasteiger partial charge in [-0.2, -0.15) is 4.98 Å². The smallest absolute Gasteiger partial charge is 0.328 e. The lowest BCUT2D eigenvalue weighted by Gasteiger charge is -2.16. The fourth-order valence-corrected chi connectivity index (χ4v) is 3.07. The molecule has 0 atom stereocenters. The van der Waals surface area contributed by atoms with Gasteiger partial charge in [-0.25, -0.2) is 9.78 Å². The van der Waals surface area contributed by atoms with E-state index in [1.165, 1.54) is 6.08 Å². The van der Waals surface area contributed by atoms with Crippen LogP contribution in [0, 0.1) is 0 Å². The Bertz CT molecular complexity index is 1100. The van der Waals surface area contributed by atoms with Gasteiger partial charge in [0, 0.05) is 29.8 Å². The van der Waals surface area contributed by atoms with Crippen LogP contribution in [-0.2, 0) is 11.2 Å². The van der Waals surface area contributed by atoms with Gasteiger partial charge in [0.25, 0.3) is 0 Å². The van der Waals surface area contributed by atoms with Gasteiger partial charge in [-0.15, -0.1) is 0 Å². The Balaban J connectivity index is 2.02. The molecule has 2 aromatic carbocycles. The number of nitrogens with zero attached hydrogens (tertiary/aromatic N) is 2. The summed E-state index contributed by atoms with van der Waals surface area (Å²) in [5.41, 5.74) is 15.7. The minimum absolute atomic E-state index is 0.126. The van der Waals surface area contributed by atoms with E-state index in [1.54, 1.807) is 20.4 Å². The second-order valence-corrected chi connectivity index (χ2v) is 6.49. The fourth-order valence-electron chi connectivity index (χ4n) is 3.07. The second kappa shape index (κ2) is 8.95. The second-order valence-electron chi connectivity index (χ2n) is 6.49. The number of carboxylic acid groups (broad SMARTS) is 1. The Kier molecular flexibility index (Phi) is 6.17. The highest BCUT2D eigenvalue weighted by Crippen LogP contribution is 2.40. The van der Waals surface area contributed by atoms with Crippen LogP contribution < -0.4 is 20.9 Å². The monoisotopic (exact) mass is 406 g/mol. The minimum atomic E-state index is -0.996. The Morgan fingerprint density at radius 3 is 2.47 bits per heavy atom. The van der Waals surface area contributed by atoms with Crippen LogP contribution in [0.25, 0.3) is 17.2 Å². The number of rotatable bonds is 7. The first-order valence-electron chi connectivity index (χ1n) is 9.04. The van der Waals surface area contributed by atoms with E-state index in [4.69, 9.17) is 26.0 Å². The van der Waals surface area contributed by atoms with E-state index in [2.05, 4.69) is 9.97 Å². The van der Waals surface area contributed by atoms with Crippen LogP contribution >= 0.6 is 0 Å². The highest BCUT2D eigenvalue weighted by atomic mass is 16.5. The van der Waals surface area contributed by atoms with E-state index in [-0.39, 0.29) is 5.95 Å².